The van der Waals surface area contributed by atoms with Gasteiger partial charge in [0.1, 0.15) is 6.04 Å². The second-order valence-electron chi connectivity index (χ2n) is 6.64. The number of ketones is 1. The number of anilines is 1. The van der Waals surface area contributed by atoms with E-state index < -0.39 is 6.04 Å². The lowest BCUT2D eigenvalue weighted by molar-refractivity contribution is -0.133. The van der Waals surface area contributed by atoms with E-state index in [-0.39, 0.29) is 17.6 Å². The van der Waals surface area contributed by atoms with Gasteiger partial charge in [-0.3, -0.25) is 14.4 Å². The summed E-state index contributed by atoms with van der Waals surface area (Å²) in [6, 6.07) is 14.4. The van der Waals surface area contributed by atoms with Crippen LogP contribution in [0.5, 0.6) is 0 Å². The van der Waals surface area contributed by atoms with Crippen molar-refractivity contribution in [2.75, 3.05) is 5.32 Å². The van der Waals surface area contributed by atoms with E-state index in [2.05, 4.69) is 5.32 Å². The molecule has 1 unspecified atom stereocenters. The molecule has 2 aromatic rings. The quantitative estimate of drug-likeness (QED) is 0.841. The molecule has 1 heterocycles. The van der Waals surface area contributed by atoms with Crippen molar-refractivity contribution in [1.82, 2.24) is 4.90 Å². The summed E-state index contributed by atoms with van der Waals surface area (Å²) in [6.45, 7) is 3.79. The van der Waals surface area contributed by atoms with Crippen LogP contribution in [0.1, 0.15) is 41.3 Å². The van der Waals surface area contributed by atoms with E-state index in [0.29, 0.717) is 30.6 Å². The molecule has 5 heteroatoms. The second kappa shape index (κ2) is 7.52. The van der Waals surface area contributed by atoms with Crippen molar-refractivity contribution in [2.45, 2.75) is 39.3 Å². The Balaban J connectivity index is 1.77. The number of carbonyl (C=O) groups excluding carboxylic acids is 3. The molecular weight excluding hydrogens is 328 g/mol. The van der Waals surface area contributed by atoms with Gasteiger partial charge in [0.05, 0.1) is 0 Å². The number of amides is 2. The lowest BCUT2D eigenvalue weighted by Crippen LogP contribution is -2.41. The molecule has 0 aliphatic carbocycles. The third kappa shape index (κ3) is 3.82. The Bertz CT molecular complexity index is 846. The number of carbonyl (C=O) groups is 3. The van der Waals surface area contributed by atoms with Gasteiger partial charge in [-0.1, -0.05) is 42.5 Å². The van der Waals surface area contributed by atoms with Crippen LogP contribution in [0.15, 0.2) is 48.5 Å². The van der Waals surface area contributed by atoms with E-state index in [9.17, 15) is 14.4 Å². The zero-order chi connectivity index (χ0) is 18.7. The van der Waals surface area contributed by atoms with Crippen molar-refractivity contribution < 1.29 is 14.4 Å². The molecule has 2 amide bonds. The molecule has 1 N–H and O–H groups in total. The highest BCUT2D eigenvalue weighted by molar-refractivity contribution is 6.01. The molecule has 0 bridgehead atoms. The number of aryl methyl sites for hydroxylation is 1. The smallest absolute Gasteiger partial charge is 0.247 e. The van der Waals surface area contributed by atoms with Crippen molar-refractivity contribution in [3.05, 3.63) is 65.2 Å². The van der Waals surface area contributed by atoms with Gasteiger partial charge < -0.3 is 10.2 Å². The van der Waals surface area contributed by atoms with Crippen LogP contribution in [-0.2, 0) is 16.1 Å². The summed E-state index contributed by atoms with van der Waals surface area (Å²) in [4.78, 5) is 38.3. The molecule has 1 aliphatic rings. The van der Waals surface area contributed by atoms with Crippen LogP contribution in [0.2, 0.25) is 0 Å². The number of nitrogens with one attached hydrogen (secondary N) is 1. The predicted molar refractivity (Wildman–Crippen MR) is 99.8 cm³/mol. The normalized spacial score (nSPS) is 16.6. The molecule has 0 saturated carbocycles. The van der Waals surface area contributed by atoms with E-state index >= 15 is 0 Å². The highest BCUT2D eigenvalue weighted by Gasteiger charge is 2.36. The minimum Gasteiger partial charge on any atom is -0.326 e. The first-order valence-electron chi connectivity index (χ1n) is 8.71. The highest BCUT2D eigenvalue weighted by Crippen LogP contribution is 2.24. The lowest BCUT2D eigenvalue weighted by atomic mass is 10.1. The summed E-state index contributed by atoms with van der Waals surface area (Å²) < 4.78 is 0. The molecule has 1 aliphatic heterocycles. The summed E-state index contributed by atoms with van der Waals surface area (Å²) in [6.07, 6.45) is 0.875. The number of likely N-dealkylation sites (tertiary alicyclic amines) is 1. The number of hydrogen-bond donors (Lipinski definition) is 1. The van der Waals surface area contributed by atoms with Crippen molar-refractivity contribution >= 4 is 23.3 Å². The zero-order valence-electron chi connectivity index (χ0n) is 15.0. The number of hydrogen-bond acceptors (Lipinski definition) is 3. The molecule has 5 nitrogen and oxygen atoms in total. The minimum atomic E-state index is -0.497. The summed E-state index contributed by atoms with van der Waals surface area (Å²) in [7, 11) is 0. The van der Waals surface area contributed by atoms with Gasteiger partial charge in [0, 0.05) is 24.2 Å². The van der Waals surface area contributed by atoms with Crippen molar-refractivity contribution in [2.24, 2.45) is 0 Å². The maximum absolute atomic E-state index is 12.8. The maximum Gasteiger partial charge on any atom is 0.247 e. The molecule has 1 atom stereocenters. The average molecular weight is 350 g/mol. The molecule has 26 heavy (non-hydrogen) atoms. The van der Waals surface area contributed by atoms with Gasteiger partial charge in [0.15, 0.2) is 5.78 Å². The Morgan fingerprint density at radius 2 is 1.88 bits per heavy atom. The van der Waals surface area contributed by atoms with Crippen molar-refractivity contribution in [3.63, 3.8) is 0 Å². The second-order valence-corrected chi connectivity index (χ2v) is 6.64. The highest BCUT2D eigenvalue weighted by atomic mass is 16.2. The predicted octanol–water partition coefficient (Wildman–Crippen LogP) is 3.33. The summed E-state index contributed by atoms with van der Waals surface area (Å²) >= 11 is 0. The molecule has 1 fully saturated rings. The third-order valence-corrected chi connectivity index (χ3v) is 4.73. The van der Waals surface area contributed by atoms with Gasteiger partial charge in [-0.15, -0.1) is 0 Å². The Labute approximate surface area is 153 Å². The first-order valence-corrected chi connectivity index (χ1v) is 8.71. The first kappa shape index (κ1) is 17.9. The summed E-state index contributed by atoms with van der Waals surface area (Å²) in [5.74, 6) is -0.277. The van der Waals surface area contributed by atoms with Crippen LogP contribution < -0.4 is 5.32 Å². The minimum absolute atomic E-state index is 0.0109. The Morgan fingerprint density at radius 3 is 2.58 bits per heavy atom. The third-order valence-electron chi connectivity index (χ3n) is 4.73. The van der Waals surface area contributed by atoms with Gasteiger partial charge in [0.2, 0.25) is 11.8 Å². The molecule has 0 aromatic heterocycles. The van der Waals surface area contributed by atoms with Crippen LogP contribution in [0.25, 0.3) is 0 Å². The molecule has 1 saturated heterocycles. The van der Waals surface area contributed by atoms with Crippen molar-refractivity contribution in [1.29, 1.82) is 0 Å². The van der Waals surface area contributed by atoms with E-state index in [0.717, 1.165) is 11.1 Å². The molecule has 3 rings (SSSR count). The standard InChI is InChI=1S/C21H22N2O3/c1-14-8-9-17(15(2)24)12-18(14)22-21(26)19-10-11-20(25)23(19)13-16-6-4-3-5-7-16/h3-9,12,19H,10-11,13H2,1-2H3,(H,22,26). The topological polar surface area (TPSA) is 66.5 Å². The number of nitrogens with zero attached hydrogens (tertiary/aromatic N) is 1. The molecular formula is C21H22N2O3. The summed E-state index contributed by atoms with van der Waals surface area (Å²) in [5, 5.41) is 2.90. The van der Waals surface area contributed by atoms with Gasteiger partial charge in [0.25, 0.3) is 0 Å². The van der Waals surface area contributed by atoms with Gasteiger partial charge in [-0.2, -0.15) is 0 Å². The van der Waals surface area contributed by atoms with Crippen LogP contribution in [-0.4, -0.2) is 28.5 Å². The SMILES string of the molecule is CC(=O)c1ccc(C)c(NC(=O)C2CCC(=O)N2Cc2ccccc2)c1. The first-order chi connectivity index (χ1) is 12.5. The fourth-order valence-electron chi connectivity index (χ4n) is 3.18. The van der Waals surface area contributed by atoms with E-state index in [1.54, 1.807) is 17.0 Å². The Kier molecular flexibility index (Phi) is 5.16. The van der Waals surface area contributed by atoms with Crippen molar-refractivity contribution in [3.8, 4) is 0 Å². The van der Waals surface area contributed by atoms with Crippen LogP contribution in [0.3, 0.4) is 0 Å². The Morgan fingerprint density at radius 1 is 1.15 bits per heavy atom. The van der Waals surface area contributed by atoms with Crippen LogP contribution in [0.4, 0.5) is 5.69 Å². The Hall–Kier alpha value is -2.95. The molecule has 2 aromatic carbocycles. The molecule has 0 spiro atoms. The lowest BCUT2D eigenvalue weighted by Gasteiger charge is -2.24. The number of rotatable bonds is 5. The maximum atomic E-state index is 12.8. The van der Waals surface area contributed by atoms with Gasteiger partial charge in [-0.05, 0) is 37.5 Å². The largest absolute Gasteiger partial charge is 0.326 e. The van der Waals surface area contributed by atoms with Crippen LogP contribution in [0, 0.1) is 6.92 Å². The summed E-state index contributed by atoms with van der Waals surface area (Å²) in [5.41, 5.74) is 3.04. The zero-order valence-corrected chi connectivity index (χ0v) is 15.0. The fourth-order valence-corrected chi connectivity index (χ4v) is 3.18. The van der Waals surface area contributed by atoms with E-state index in [1.165, 1.54) is 6.92 Å². The van der Waals surface area contributed by atoms with E-state index in [1.807, 2.05) is 43.3 Å². The number of Topliss-reactive ketones (excluding diaryl/α,β-unsaturated/α-hetero) is 1. The molecule has 0 radical (unpaired) electrons. The fraction of sp³-hybridized carbons (Fsp3) is 0.286. The number of benzene rings is 2. The van der Waals surface area contributed by atoms with Gasteiger partial charge in [-0.25, -0.2) is 0 Å². The monoisotopic (exact) mass is 350 g/mol. The van der Waals surface area contributed by atoms with E-state index in [4.69, 9.17) is 0 Å². The molecule has 134 valence electrons. The van der Waals surface area contributed by atoms with Crippen LogP contribution >= 0.6 is 0 Å². The average Bonchev–Trinajstić information content (AvgIpc) is 2.98. The van der Waals surface area contributed by atoms with Gasteiger partial charge >= 0.3 is 0 Å².